The quantitative estimate of drug-likeness (QED) is 0.595. The lowest BCUT2D eigenvalue weighted by Crippen LogP contribution is -2.47. The zero-order chi connectivity index (χ0) is 23.1. The number of carbonyl (C=O) groups excluding carboxylic acids is 2. The highest BCUT2D eigenvalue weighted by atomic mass is 35.5. The van der Waals surface area contributed by atoms with Crippen molar-refractivity contribution in [2.45, 2.75) is 43.2 Å². The number of rotatable bonds is 8. The number of hydrogen-bond donors (Lipinski definition) is 2. The molecule has 1 atom stereocenters. The SMILES string of the molecule is CCOC(=O)N1CCC(NC(=O)C[C@H](NS(=O)(=O)c2ccc(Cl)cc2)c2ccco2)CC1. The van der Waals surface area contributed by atoms with Gasteiger partial charge in [-0.2, -0.15) is 4.72 Å². The molecule has 1 saturated heterocycles. The zero-order valence-corrected chi connectivity index (χ0v) is 19.2. The summed E-state index contributed by atoms with van der Waals surface area (Å²) in [5, 5.41) is 3.34. The molecule has 0 bridgehead atoms. The molecule has 2 aromatic rings. The molecule has 174 valence electrons. The molecular weight excluding hydrogens is 458 g/mol. The maximum Gasteiger partial charge on any atom is 0.409 e. The molecule has 9 nitrogen and oxygen atoms in total. The third-order valence-electron chi connectivity index (χ3n) is 5.08. The molecule has 1 aromatic heterocycles. The lowest BCUT2D eigenvalue weighted by atomic mass is 10.0. The molecule has 0 saturated carbocycles. The van der Waals surface area contributed by atoms with Crippen molar-refractivity contribution in [2.24, 2.45) is 0 Å². The third-order valence-corrected chi connectivity index (χ3v) is 6.82. The Kier molecular flexibility index (Phi) is 8.16. The van der Waals surface area contributed by atoms with E-state index in [2.05, 4.69) is 10.0 Å². The van der Waals surface area contributed by atoms with Crippen LogP contribution in [-0.4, -0.2) is 51.1 Å². The molecule has 32 heavy (non-hydrogen) atoms. The van der Waals surface area contributed by atoms with Gasteiger partial charge in [0.25, 0.3) is 0 Å². The highest BCUT2D eigenvalue weighted by Gasteiger charge is 2.28. The van der Waals surface area contributed by atoms with Gasteiger partial charge in [-0.05, 0) is 56.2 Å². The Labute approximate surface area is 192 Å². The van der Waals surface area contributed by atoms with Gasteiger partial charge in [-0.1, -0.05) is 11.6 Å². The van der Waals surface area contributed by atoms with E-state index in [1.165, 1.54) is 30.5 Å². The number of carbonyl (C=O) groups is 2. The summed E-state index contributed by atoms with van der Waals surface area (Å²) in [6.07, 6.45) is 2.10. The summed E-state index contributed by atoms with van der Waals surface area (Å²) < 4.78 is 38.5. The summed E-state index contributed by atoms with van der Waals surface area (Å²) >= 11 is 5.84. The lowest BCUT2D eigenvalue weighted by molar-refractivity contribution is -0.122. The van der Waals surface area contributed by atoms with Crippen molar-refractivity contribution in [3.8, 4) is 0 Å². The van der Waals surface area contributed by atoms with Gasteiger partial charge in [-0.25, -0.2) is 13.2 Å². The van der Waals surface area contributed by atoms with Gasteiger partial charge >= 0.3 is 6.09 Å². The molecule has 2 amide bonds. The second-order valence-corrected chi connectivity index (χ2v) is 9.53. The van der Waals surface area contributed by atoms with E-state index >= 15 is 0 Å². The molecule has 0 spiro atoms. The highest BCUT2D eigenvalue weighted by molar-refractivity contribution is 7.89. The minimum atomic E-state index is -3.91. The Morgan fingerprint density at radius 3 is 2.50 bits per heavy atom. The molecule has 2 heterocycles. The first-order valence-electron chi connectivity index (χ1n) is 10.3. The molecule has 1 aliphatic rings. The predicted molar refractivity (Wildman–Crippen MR) is 118 cm³/mol. The van der Waals surface area contributed by atoms with Crippen LogP contribution in [0.4, 0.5) is 4.79 Å². The second kappa shape index (κ2) is 10.8. The summed E-state index contributed by atoms with van der Waals surface area (Å²) in [7, 11) is -3.91. The van der Waals surface area contributed by atoms with Gasteiger partial charge in [-0.15, -0.1) is 0 Å². The molecule has 3 rings (SSSR count). The number of sulfonamides is 1. The van der Waals surface area contributed by atoms with Crippen LogP contribution in [0.5, 0.6) is 0 Å². The Hall–Kier alpha value is -2.56. The fourth-order valence-electron chi connectivity index (χ4n) is 3.45. The summed E-state index contributed by atoms with van der Waals surface area (Å²) in [4.78, 5) is 26.1. The molecule has 2 N–H and O–H groups in total. The van der Waals surface area contributed by atoms with E-state index in [4.69, 9.17) is 20.8 Å². The van der Waals surface area contributed by atoms with Gasteiger partial charge in [-0.3, -0.25) is 4.79 Å². The van der Waals surface area contributed by atoms with Crippen LogP contribution in [0.25, 0.3) is 0 Å². The molecule has 1 aromatic carbocycles. The van der Waals surface area contributed by atoms with E-state index in [9.17, 15) is 18.0 Å². The average Bonchev–Trinajstić information content (AvgIpc) is 3.29. The predicted octanol–water partition coefficient (Wildman–Crippen LogP) is 3.08. The number of halogens is 1. The fourth-order valence-corrected chi connectivity index (χ4v) is 4.78. The van der Waals surface area contributed by atoms with Crippen molar-refractivity contribution < 1.29 is 27.2 Å². The number of benzene rings is 1. The lowest BCUT2D eigenvalue weighted by Gasteiger charge is -2.31. The largest absolute Gasteiger partial charge is 0.468 e. The third kappa shape index (κ3) is 6.47. The molecule has 0 unspecified atom stereocenters. The normalized spacial score (nSPS) is 15.9. The van der Waals surface area contributed by atoms with Crippen molar-refractivity contribution >= 4 is 33.6 Å². The first kappa shape index (κ1) is 24.1. The zero-order valence-electron chi connectivity index (χ0n) is 17.6. The van der Waals surface area contributed by atoms with Crippen molar-refractivity contribution in [1.82, 2.24) is 14.9 Å². The summed E-state index contributed by atoms with van der Waals surface area (Å²) in [6, 6.07) is 7.98. The molecule has 11 heteroatoms. The van der Waals surface area contributed by atoms with Gasteiger partial charge in [0, 0.05) is 24.2 Å². The van der Waals surface area contributed by atoms with Crippen LogP contribution in [0.1, 0.15) is 38.0 Å². The van der Waals surface area contributed by atoms with Crippen molar-refractivity contribution in [3.05, 3.63) is 53.4 Å². The molecule has 0 radical (unpaired) electrons. The van der Waals surface area contributed by atoms with E-state index in [0.29, 0.717) is 43.3 Å². The number of hydrogen-bond acceptors (Lipinski definition) is 6. The Morgan fingerprint density at radius 2 is 1.91 bits per heavy atom. The van der Waals surface area contributed by atoms with Gasteiger partial charge in [0.15, 0.2) is 0 Å². The summed E-state index contributed by atoms with van der Waals surface area (Å²) in [6.45, 7) is 3.03. The van der Waals surface area contributed by atoms with Crippen molar-refractivity contribution in [3.63, 3.8) is 0 Å². The van der Waals surface area contributed by atoms with E-state index < -0.39 is 16.1 Å². The van der Waals surface area contributed by atoms with E-state index in [1.54, 1.807) is 24.0 Å². The first-order chi connectivity index (χ1) is 15.3. The Balaban J connectivity index is 1.61. The van der Waals surface area contributed by atoms with Crippen molar-refractivity contribution in [1.29, 1.82) is 0 Å². The maximum absolute atomic E-state index is 12.8. The standard InChI is InChI=1S/C21H26ClN3O6S/c1-2-30-21(27)25-11-9-16(10-12-25)23-20(26)14-18(19-4-3-13-31-19)24-32(28,29)17-7-5-15(22)6-8-17/h3-8,13,16,18,24H,2,9-12,14H2,1H3,(H,23,26)/t18-/m0/s1. The van der Waals surface area contributed by atoms with Crippen LogP contribution < -0.4 is 10.0 Å². The summed E-state index contributed by atoms with van der Waals surface area (Å²) in [5.41, 5.74) is 0. The van der Waals surface area contributed by atoms with Crippen molar-refractivity contribution in [2.75, 3.05) is 19.7 Å². The van der Waals surface area contributed by atoms with Crippen LogP contribution in [0, 0.1) is 0 Å². The highest BCUT2D eigenvalue weighted by Crippen LogP contribution is 2.22. The number of furan rings is 1. The number of piperidine rings is 1. The minimum absolute atomic E-state index is 0.0326. The van der Waals surface area contributed by atoms with Crippen LogP contribution >= 0.6 is 11.6 Å². The molecular formula is C21H26ClN3O6S. The first-order valence-corrected chi connectivity index (χ1v) is 12.2. The maximum atomic E-state index is 12.8. The van der Waals surface area contributed by atoms with Crippen LogP contribution in [-0.2, 0) is 19.6 Å². The molecule has 1 fully saturated rings. The Morgan fingerprint density at radius 1 is 1.22 bits per heavy atom. The second-order valence-electron chi connectivity index (χ2n) is 7.38. The summed E-state index contributed by atoms with van der Waals surface area (Å²) in [5.74, 6) is 0.00890. The van der Waals surface area contributed by atoms with Gasteiger partial charge in [0.2, 0.25) is 15.9 Å². The average molecular weight is 484 g/mol. The van der Waals surface area contributed by atoms with E-state index in [1.807, 2.05) is 0 Å². The number of amides is 2. The van der Waals surface area contributed by atoms with E-state index in [-0.39, 0.29) is 29.4 Å². The van der Waals surface area contributed by atoms with Gasteiger partial charge in [0.05, 0.1) is 30.2 Å². The smallest absolute Gasteiger partial charge is 0.409 e. The van der Waals surface area contributed by atoms with Crippen LogP contribution in [0.3, 0.4) is 0 Å². The van der Waals surface area contributed by atoms with Gasteiger partial charge in [0.1, 0.15) is 5.76 Å². The number of nitrogens with zero attached hydrogens (tertiary/aromatic N) is 1. The molecule has 0 aliphatic carbocycles. The number of likely N-dealkylation sites (tertiary alicyclic amines) is 1. The minimum Gasteiger partial charge on any atom is -0.468 e. The van der Waals surface area contributed by atoms with Gasteiger partial charge < -0.3 is 19.4 Å². The van der Waals surface area contributed by atoms with Crippen LogP contribution in [0.15, 0.2) is 52.0 Å². The fraction of sp³-hybridized carbons (Fsp3) is 0.429. The molecule has 1 aliphatic heterocycles. The van der Waals surface area contributed by atoms with Crippen LogP contribution in [0.2, 0.25) is 5.02 Å². The van der Waals surface area contributed by atoms with E-state index in [0.717, 1.165) is 0 Å². The Bertz CT molecular complexity index is 1000. The topological polar surface area (TPSA) is 118 Å². The monoisotopic (exact) mass is 483 g/mol. The number of ether oxygens (including phenoxy) is 1. The number of nitrogens with one attached hydrogen (secondary N) is 2.